The van der Waals surface area contributed by atoms with Gasteiger partial charge in [0.2, 0.25) is 5.91 Å². The largest absolute Gasteiger partial charge is 0.478 e. The number of carbonyl (C=O) groups excluding carboxylic acids is 2. The fraction of sp³-hybridized carbons (Fsp3) is 0.267. The van der Waals surface area contributed by atoms with Gasteiger partial charge < -0.3 is 15.7 Å². The molecule has 1 aromatic rings. The van der Waals surface area contributed by atoms with Gasteiger partial charge in [-0.15, -0.1) is 0 Å². The summed E-state index contributed by atoms with van der Waals surface area (Å²) in [6.45, 7) is -0.0456. The van der Waals surface area contributed by atoms with E-state index in [-0.39, 0.29) is 24.4 Å². The van der Waals surface area contributed by atoms with E-state index >= 15 is 0 Å². The zero-order valence-corrected chi connectivity index (χ0v) is 11.3. The molecule has 0 saturated heterocycles. The van der Waals surface area contributed by atoms with Crippen molar-refractivity contribution in [2.45, 2.75) is 18.9 Å². The van der Waals surface area contributed by atoms with E-state index in [1.54, 1.807) is 24.3 Å². The van der Waals surface area contributed by atoms with Gasteiger partial charge in [-0.2, -0.15) is 0 Å². The van der Waals surface area contributed by atoms with Crippen LogP contribution in [0.2, 0.25) is 0 Å². The summed E-state index contributed by atoms with van der Waals surface area (Å²) in [5.74, 6) is -1.56. The van der Waals surface area contributed by atoms with Crippen LogP contribution >= 0.6 is 0 Å². The Bertz CT molecular complexity index is 574. The van der Waals surface area contributed by atoms with Gasteiger partial charge in [-0.1, -0.05) is 12.1 Å². The average molecular weight is 288 g/mol. The summed E-state index contributed by atoms with van der Waals surface area (Å²) < 4.78 is 0. The van der Waals surface area contributed by atoms with Crippen LogP contribution in [0.25, 0.3) is 6.08 Å². The molecule has 1 fully saturated rings. The van der Waals surface area contributed by atoms with Crippen molar-refractivity contribution >= 4 is 23.9 Å². The molecule has 1 aliphatic carbocycles. The van der Waals surface area contributed by atoms with Crippen LogP contribution in [0.4, 0.5) is 0 Å². The summed E-state index contributed by atoms with van der Waals surface area (Å²) in [7, 11) is 0. The van der Waals surface area contributed by atoms with Crippen molar-refractivity contribution in [3.63, 3.8) is 0 Å². The van der Waals surface area contributed by atoms with Gasteiger partial charge in [0, 0.05) is 17.7 Å². The highest BCUT2D eigenvalue weighted by molar-refractivity contribution is 5.96. The van der Waals surface area contributed by atoms with Crippen LogP contribution in [0.15, 0.2) is 30.3 Å². The molecule has 6 nitrogen and oxygen atoms in total. The number of amides is 2. The number of carboxylic acids is 1. The second-order valence-electron chi connectivity index (χ2n) is 4.82. The molecule has 0 aromatic heterocycles. The molecule has 1 aliphatic rings. The minimum atomic E-state index is -1.03. The number of nitrogens with one attached hydrogen (secondary N) is 2. The number of carboxylic acid groups (broad SMARTS) is 1. The number of hydrogen-bond donors (Lipinski definition) is 3. The van der Waals surface area contributed by atoms with Gasteiger partial charge in [-0.05, 0) is 36.6 Å². The first-order valence-corrected chi connectivity index (χ1v) is 6.63. The summed E-state index contributed by atoms with van der Waals surface area (Å²) >= 11 is 0. The number of rotatable bonds is 6. The molecule has 110 valence electrons. The van der Waals surface area contributed by atoms with E-state index in [1.807, 2.05) is 0 Å². The van der Waals surface area contributed by atoms with E-state index in [2.05, 4.69) is 10.6 Å². The maximum atomic E-state index is 11.8. The lowest BCUT2D eigenvalue weighted by atomic mass is 10.1. The molecule has 0 heterocycles. The van der Waals surface area contributed by atoms with Crippen LogP contribution in [-0.2, 0) is 9.59 Å². The Labute approximate surface area is 121 Å². The molecule has 6 heteroatoms. The average Bonchev–Trinajstić information content (AvgIpc) is 3.27. The molecule has 0 radical (unpaired) electrons. The maximum Gasteiger partial charge on any atom is 0.328 e. The highest BCUT2D eigenvalue weighted by Crippen LogP contribution is 2.18. The summed E-state index contributed by atoms with van der Waals surface area (Å²) in [5, 5.41) is 13.8. The van der Waals surface area contributed by atoms with Gasteiger partial charge in [0.05, 0.1) is 6.54 Å². The first-order chi connectivity index (χ1) is 10.0. The van der Waals surface area contributed by atoms with Crippen LogP contribution < -0.4 is 10.6 Å². The molecule has 0 atom stereocenters. The van der Waals surface area contributed by atoms with E-state index < -0.39 is 5.97 Å². The van der Waals surface area contributed by atoms with Crippen molar-refractivity contribution in [1.29, 1.82) is 0 Å². The Balaban J connectivity index is 1.84. The van der Waals surface area contributed by atoms with E-state index in [9.17, 15) is 14.4 Å². The predicted molar refractivity (Wildman–Crippen MR) is 76.6 cm³/mol. The van der Waals surface area contributed by atoms with Gasteiger partial charge in [-0.3, -0.25) is 9.59 Å². The van der Waals surface area contributed by atoms with Crippen LogP contribution in [-0.4, -0.2) is 35.5 Å². The second-order valence-corrected chi connectivity index (χ2v) is 4.82. The van der Waals surface area contributed by atoms with E-state index in [4.69, 9.17) is 5.11 Å². The molecular formula is C15H16N2O4. The highest BCUT2D eigenvalue weighted by atomic mass is 16.4. The van der Waals surface area contributed by atoms with Gasteiger partial charge in [0.25, 0.3) is 5.91 Å². The summed E-state index contributed by atoms with van der Waals surface area (Å²) in [4.78, 5) is 33.7. The van der Waals surface area contributed by atoms with Crippen LogP contribution in [0.1, 0.15) is 28.8 Å². The zero-order valence-electron chi connectivity index (χ0n) is 11.3. The minimum Gasteiger partial charge on any atom is -0.478 e. The van der Waals surface area contributed by atoms with E-state index in [0.29, 0.717) is 11.1 Å². The normalized spacial score (nSPS) is 13.9. The zero-order chi connectivity index (χ0) is 15.2. The van der Waals surface area contributed by atoms with Crippen molar-refractivity contribution in [3.05, 3.63) is 41.5 Å². The van der Waals surface area contributed by atoms with Gasteiger partial charge in [-0.25, -0.2) is 4.79 Å². The predicted octanol–water partition coefficient (Wildman–Crippen LogP) is 0.793. The molecule has 2 amide bonds. The Morgan fingerprint density at radius 2 is 1.86 bits per heavy atom. The topological polar surface area (TPSA) is 95.5 Å². The maximum absolute atomic E-state index is 11.8. The summed E-state index contributed by atoms with van der Waals surface area (Å²) in [5.41, 5.74) is 1.10. The molecule has 0 spiro atoms. The van der Waals surface area contributed by atoms with Crippen LogP contribution in [0.5, 0.6) is 0 Å². The third-order valence-electron chi connectivity index (χ3n) is 2.94. The fourth-order valence-electron chi connectivity index (χ4n) is 1.68. The van der Waals surface area contributed by atoms with Crippen molar-refractivity contribution in [3.8, 4) is 0 Å². The smallest absolute Gasteiger partial charge is 0.328 e. The van der Waals surface area contributed by atoms with E-state index in [0.717, 1.165) is 18.9 Å². The molecule has 0 unspecified atom stereocenters. The molecule has 0 aliphatic heterocycles. The van der Waals surface area contributed by atoms with Crippen molar-refractivity contribution in [2.75, 3.05) is 6.54 Å². The SMILES string of the molecule is O=C(O)C=Cc1ccc(C(=O)NCC(=O)NC2CC2)cc1. The lowest BCUT2D eigenvalue weighted by Gasteiger charge is -2.06. The second kappa shape index (κ2) is 6.69. The quantitative estimate of drug-likeness (QED) is 0.674. The Morgan fingerprint density at radius 1 is 1.19 bits per heavy atom. The molecule has 2 rings (SSSR count). The molecule has 1 aromatic carbocycles. The molecule has 0 bridgehead atoms. The Hall–Kier alpha value is -2.63. The summed E-state index contributed by atoms with van der Waals surface area (Å²) in [6, 6.07) is 6.71. The van der Waals surface area contributed by atoms with Gasteiger partial charge in [0.1, 0.15) is 0 Å². The van der Waals surface area contributed by atoms with Crippen molar-refractivity contribution < 1.29 is 19.5 Å². The number of hydrogen-bond acceptors (Lipinski definition) is 3. The summed E-state index contributed by atoms with van der Waals surface area (Å²) in [6.07, 6.45) is 4.47. The monoisotopic (exact) mass is 288 g/mol. The number of carbonyl (C=O) groups is 3. The van der Waals surface area contributed by atoms with Gasteiger partial charge >= 0.3 is 5.97 Å². The highest BCUT2D eigenvalue weighted by Gasteiger charge is 2.23. The molecular weight excluding hydrogens is 272 g/mol. The fourth-order valence-corrected chi connectivity index (χ4v) is 1.68. The van der Waals surface area contributed by atoms with Crippen LogP contribution in [0, 0.1) is 0 Å². The third kappa shape index (κ3) is 5.10. The lowest BCUT2D eigenvalue weighted by Crippen LogP contribution is -2.37. The van der Waals surface area contributed by atoms with Crippen molar-refractivity contribution in [1.82, 2.24) is 10.6 Å². The Morgan fingerprint density at radius 3 is 2.43 bits per heavy atom. The lowest BCUT2D eigenvalue weighted by molar-refractivity contribution is -0.131. The molecule has 21 heavy (non-hydrogen) atoms. The first kappa shape index (κ1) is 14.8. The minimum absolute atomic E-state index is 0.0456. The standard InChI is InChI=1S/C15H16N2O4/c18-13(17-12-6-7-12)9-16-15(21)11-4-1-10(2-5-11)3-8-14(19)20/h1-5,8,12H,6-7,9H2,(H,16,21)(H,17,18)(H,19,20). The Kier molecular flexibility index (Phi) is 4.71. The number of aliphatic carboxylic acids is 1. The molecule has 3 N–H and O–H groups in total. The third-order valence-corrected chi connectivity index (χ3v) is 2.94. The van der Waals surface area contributed by atoms with E-state index in [1.165, 1.54) is 6.08 Å². The first-order valence-electron chi connectivity index (χ1n) is 6.63. The van der Waals surface area contributed by atoms with Crippen LogP contribution in [0.3, 0.4) is 0 Å². The van der Waals surface area contributed by atoms with Gasteiger partial charge in [0.15, 0.2) is 0 Å². The number of benzene rings is 1. The molecule has 1 saturated carbocycles. The van der Waals surface area contributed by atoms with Crippen molar-refractivity contribution in [2.24, 2.45) is 0 Å².